The molecule has 114 valence electrons. The smallest absolute Gasteiger partial charge is 0.261 e. The van der Waals surface area contributed by atoms with E-state index in [1.54, 1.807) is 0 Å². The summed E-state index contributed by atoms with van der Waals surface area (Å²) in [6.07, 6.45) is 2.32. The number of rotatable bonds is 1. The van der Waals surface area contributed by atoms with Gasteiger partial charge in [-0.1, -0.05) is 12.1 Å². The van der Waals surface area contributed by atoms with Crippen LogP contribution in [0.3, 0.4) is 0 Å². The van der Waals surface area contributed by atoms with Gasteiger partial charge in [0.2, 0.25) is 11.6 Å². The second kappa shape index (κ2) is 8.45. The molecule has 0 unspecified atom stereocenters. The normalized spacial score (nSPS) is 11.7. The van der Waals surface area contributed by atoms with E-state index < -0.39 is 20.6 Å². The van der Waals surface area contributed by atoms with Crippen LogP contribution >= 0.6 is 10.7 Å². The van der Waals surface area contributed by atoms with Crippen molar-refractivity contribution in [1.82, 2.24) is 0 Å². The molecule has 2 rings (SSSR count). The zero-order chi connectivity index (χ0) is 17.3. The Morgan fingerprint density at radius 2 is 1.45 bits per heavy atom. The van der Waals surface area contributed by atoms with Crippen molar-refractivity contribution in [2.75, 3.05) is 0 Å². The van der Waals surface area contributed by atoms with Crippen molar-refractivity contribution in [3.05, 3.63) is 67.3 Å². The Morgan fingerprint density at radius 1 is 0.955 bits per heavy atom. The van der Waals surface area contributed by atoms with E-state index in [-0.39, 0.29) is 16.0 Å². The molecule has 1 aromatic rings. The highest BCUT2D eigenvalue weighted by Crippen LogP contribution is 2.27. The van der Waals surface area contributed by atoms with Crippen LogP contribution in [0.1, 0.15) is 15.9 Å². The van der Waals surface area contributed by atoms with Gasteiger partial charge in [0.25, 0.3) is 9.05 Å². The van der Waals surface area contributed by atoms with E-state index in [2.05, 4.69) is 0 Å². The van der Waals surface area contributed by atoms with E-state index >= 15 is 0 Å². The molecular weight excluding hydrogens is 336 g/mol. The molecule has 0 saturated carbocycles. The Morgan fingerprint density at radius 3 is 1.91 bits per heavy atom. The molecule has 0 saturated heterocycles. The highest BCUT2D eigenvalue weighted by atomic mass is 35.7. The topological polar surface area (TPSA) is 186 Å². The average Bonchev–Trinajstić information content (AvgIpc) is 2.43. The zero-order valence-corrected chi connectivity index (χ0v) is 12.1. The molecule has 1 aliphatic carbocycles. The van der Waals surface area contributed by atoms with E-state index in [9.17, 15) is 18.0 Å². The summed E-state index contributed by atoms with van der Waals surface area (Å²) < 4.78 is 22.5. The number of carbonyl (C=O) groups excluding carboxylic acids is 2. The second-order valence-electron chi connectivity index (χ2n) is 3.36. The summed E-state index contributed by atoms with van der Waals surface area (Å²) in [5.74, 6) is -1.39. The molecule has 0 atom stereocenters. The van der Waals surface area contributed by atoms with Crippen molar-refractivity contribution in [2.45, 2.75) is 4.90 Å². The van der Waals surface area contributed by atoms with Gasteiger partial charge >= 0.3 is 0 Å². The van der Waals surface area contributed by atoms with E-state index in [4.69, 9.17) is 32.8 Å². The summed E-state index contributed by atoms with van der Waals surface area (Å²) in [4.78, 5) is 25.4. The third kappa shape index (κ3) is 4.93. The molecule has 0 fully saturated rings. The lowest BCUT2D eigenvalue weighted by atomic mass is 9.95. The van der Waals surface area contributed by atoms with Gasteiger partial charge in [-0.25, -0.2) is 8.42 Å². The molecule has 0 bridgehead atoms. The molecule has 0 heterocycles. The Hall–Kier alpha value is -2.84. The molecule has 1 aliphatic rings. The zero-order valence-electron chi connectivity index (χ0n) is 10.5. The van der Waals surface area contributed by atoms with Gasteiger partial charge in [0, 0.05) is 21.8 Å². The fraction of sp³-hybridized carbons (Fsp3) is 0. The molecule has 10 nitrogen and oxygen atoms in total. The minimum Gasteiger partial charge on any atom is -0.373 e. The standard InChI is InChI=1S/C10H5ClO4S.2N3/c11-16(14,15)9-3-1-2-7-6(9)4-5-8(12)10(7)13;2*1-3-2/h1-5H;;/q;2*-1. The summed E-state index contributed by atoms with van der Waals surface area (Å²) in [5.41, 5.74) is 27.2. The lowest BCUT2D eigenvalue weighted by molar-refractivity contribution is -0.110. The molecule has 0 N–H and O–H groups in total. The second-order valence-corrected chi connectivity index (χ2v) is 5.90. The van der Waals surface area contributed by atoms with Gasteiger partial charge in [-0.2, -0.15) is 0 Å². The number of allylic oxidation sites excluding steroid dienone is 1. The van der Waals surface area contributed by atoms with E-state index in [0.29, 0.717) is 0 Å². The van der Waals surface area contributed by atoms with Crippen molar-refractivity contribution in [3.63, 3.8) is 0 Å². The number of hydrogen-bond donors (Lipinski definition) is 0. The van der Waals surface area contributed by atoms with Crippen LogP contribution in [-0.4, -0.2) is 20.0 Å². The first-order chi connectivity index (χ1) is 10.2. The van der Waals surface area contributed by atoms with Gasteiger partial charge in [0.05, 0.1) is 4.90 Å². The van der Waals surface area contributed by atoms with Crippen molar-refractivity contribution >= 4 is 37.4 Å². The van der Waals surface area contributed by atoms with Gasteiger partial charge in [-0.3, -0.25) is 19.4 Å². The van der Waals surface area contributed by atoms with E-state index in [0.717, 1.165) is 6.08 Å². The molecule has 22 heavy (non-hydrogen) atoms. The first kappa shape index (κ1) is 19.2. The fourth-order valence-electron chi connectivity index (χ4n) is 1.49. The number of Topliss-reactive ketones (excluding diaryl/α,β-unsaturated/α-hetero) is 1. The first-order valence-corrected chi connectivity index (χ1v) is 7.36. The summed E-state index contributed by atoms with van der Waals surface area (Å²) >= 11 is 0. The highest BCUT2D eigenvalue weighted by Gasteiger charge is 2.25. The van der Waals surface area contributed by atoms with E-state index in [1.165, 1.54) is 34.1 Å². The lowest BCUT2D eigenvalue weighted by Gasteiger charge is -2.10. The summed E-state index contributed by atoms with van der Waals surface area (Å²) in [5, 5.41) is 0. The number of benzene rings is 1. The van der Waals surface area contributed by atoms with Crippen LogP contribution < -0.4 is 0 Å². The maximum absolute atomic E-state index is 11.5. The van der Waals surface area contributed by atoms with Crippen molar-refractivity contribution in [2.24, 2.45) is 0 Å². The molecule has 0 radical (unpaired) electrons. The van der Waals surface area contributed by atoms with Crippen LogP contribution in [0.2, 0.25) is 0 Å². The number of ketones is 2. The summed E-state index contributed by atoms with van der Waals surface area (Å²) in [6, 6.07) is 4.05. The number of halogens is 1. The third-order valence-corrected chi connectivity index (χ3v) is 3.58. The molecule has 1 aromatic carbocycles. The van der Waals surface area contributed by atoms with Gasteiger partial charge in [0.15, 0.2) is 0 Å². The summed E-state index contributed by atoms with van der Waals surface area (Å²) in [6.45, 7) is 0. The maximum atomic E-state index is 11.5. The quantitative estimate of drug-likeness (QED) is 0.250. The Labute approximate surface area is 128 Å². The highest BCUT2D eigenvalue weighted by molar-refractivity contribution is 8.13. The third-order valence-electron chi connectivity index (χ3n) is 2.20. The van der Waals surface area contributed by atoms with Crippen molar-refractivity contribution in [1.29, 1.82) is 0 Å². The molecule has 0 aliphatic heterocycles. The predicted molar refractivity (Wildman–Crippen MR) is 78.0 cm³/mol. The number of fused-ring (bicyclic) bond motifs is 1. The van der Waals surface area contributed by atoms with Gasteiger partial charge in [-0.05, 0) is 18.2 Å². The van der Waals surface area contributed by atoms with Crippen molar-refractivity contribution in [3.8, 4) is 0 Å². The number of nitrogens with zero attached hydrogens (tertiary/aromatic N) is 6. The molecule has 0 aromatic heterocycles. The largest absolute Gasteiger partial charge is 0.373 e. The Bertz CT molecular complexity index is 793. The SMILES string of the molecule is O=C1C=Cc2c(cccc2S(=O)(=O)Cl)C1=O.[N-]=[N+]=[N-].[N-]=[N+]=[N-]. The summed E-state index contributed by atoms with van der Waals surface area (Å²) in [7, 11) is 1.29. The van der Waals surface area contributed by atoms with Crippen LogP contribution in [-0.2, 0) is 13.8 Å². The van der Waals surface area contributed by atoms with Crippen LogP contribution in [0.15, 0.2) is 29.2 Å². The Balaban J connectivity index is 0.000000639. The van der Waals surface area contributed by atoms with Crippen LogP contribution in [0, 0.1) is 0 Å². The molecule has 0 spiro atoms. The van der Waals surface area contributed by atoms with Crippen LogP contribution in [0.5, 0.6) is 0 Å². The average molecular weight is 341 g/mol. The van der Waals surface area contributed by atoms with Crippen LogP contribution in [0.25, 0.3) is 38.0 Å². The molecule has 12 heteroatoms. The van der Waals surface area contributed by atoms with Gasteiger partial charge in [-0.15, -0.1) is 0 Å². The Kier molecular flexibility index (Phi) is 7.36. The number of carbonyl (C=O) groups is 2. The molecular formula is C10H5ClN6O4S-2. The number of hydrogen-bond acceptors (Lipinski definition) is 4. The minimum absolute atomic E-state index is 0.0641. The monoisotopic (exact) mass is 340 g/mol. The van der Waals surface area contributed by atoms with Crippen molar-refractivity contribution < 1.29 is 18.0 Å². The van der Waals surface area contributed by atoms with Crippen LogP contribution in [0.4, 0.5) is 0 Å². The maximum Gasteiger partial charge on any atom is 0.261 e. The predicted octanol–water partition coefficient (Wildman–Crippen LogP) is 3.12. The lowest BCUT2D eigenvalue weighted by Crippen LogP contribution is -2.17. The first-order valence-electron chi connectivity index (χ1n) is 5.05. The van der Waals surface area contributed by atoms with Gasteiger partial charge < -0.3 is 22.1 Å². The molecule has 0 amide bonds. The minimum atomic E-state index is -3.93. The van der Waals surface area contributed by atoms with Gasteiger partial charge in [0.1, 0.15) is 0 Å². The van der Waals surface area contributed by atoms with E-state index in [1.807, 2.05) is 0 Å². The fourth-order valence-corrected chi connectivity index (χ4v) is 2.58.